The van der Waals surface area contributed by atoms with Gasteiger partial charge >= 0.3 is 11.9 Å². The van der Waals surface area contributed by atoms with Gasteiger partial charge in [-0.1, -0.05) is 30.3 Å². The molecule has 0 saturated carbocycles. The summed E-state index contributed by atoms with van der Waals surface area (Å²) in [5.41, 5.74) is 12.4. The van der Waals surface area contributed by atoms with Crippen LogP contribution in [0, 0.1) is 0 Å². The van der Waals surface area contributed by atoms with E-state index in [1.807, 2.05) is 30.3 Å². The van der Waals surface area contributed by atoms with Crippen molar-refractivity contribution in [1.29, 1.82) is 0 Å². The molecule has 3 amide bonds. The number of hydrogen-bond acceptors (Lipinski definition) is 8. The van der Waals surface area contributed by atoms with Crippen molar-refractivity contribution in [3.63, 3.8) is 0 Å². The normalized spacial score (nSPS) is 14.1. The van der Waals surface area contributed by atoms with Crippen LogP contribution >= 0.6 is 12.6 Å². The first kappa shape index (κ1) is 30.9. The van der Waals surface area contributed by atoms with Crippen molar-refractivity contribution in [2.24, 2.45) is 11.5 Å². The molecule has 200 valence electrons. The van der Waals surface area contributed by atoms with Crippen LogP contribution in [0.25, 0.3) is 0 Å². The van der Waals surface area contributed by atoms with Crippen molar-refractivity contribution in [2.45, 2.75) is 62.7 Å². The fraction of sp³-hybridized carbons (Fsp3) is 0.522. The minimum atomic E-state index is -1.35. The monoisotopic (exact) mass is 525 g/mol. The van der Waals surface area contributed by atoms with Gasteiger partial charge in [0.2, 0.25) is 17.7 Å². The predicted octanol–water partition coefficient (Wildman–Crippen LogP) is -0.981. The smallest absolute Gasteiger partial charge is 0.327 e. The molecular formula is C23H35N5O7S. The summed E-state index contributed by atoms with van der Waals surface area (Å²) < 4.78 is 0. The highest BCUT2D eigenvalue weighted by molar-refractivity contribution is 7.80. The summed E-state index contributed by atoms with van der Waals surface area (Å²) in [6.07, 6.45) is 0.782. The molecule has 4 unspecified atom stereocenters. The molecule has 12 nitrogen and oxygen atoms in total. The van der Waals surface area contributed by atoms with E-state index in [9.17, 15) is 24.0 Å². The van der Waals surface area contributed by atoms with Crippen LogP contribution in [0.5, 0.6) is 0 Å². The Bertz CT molecular complexity index is 887. The molecule has 1 aromatic carbocycles. The van der Waals surface area contributed by atoms with Crippen molar-refractivity contribution in [2.75, 3.05) is 12.3 Å². The van der Waals surface area contributed by atoms with Gasteiger partial charge in [-0.2, -0.15) is 12.6 Å². The fourth-order valence-electron chi connectivity index (χ4n) is 3.27. The molecule has 0 aliphatic carbocycles. The van der Waals surface area contributed by atoms with E-state index in [2.05, 4.69) is 28.6 Å². The molecule has 0 heterocycles. The van der Waals surface area contributed by atoms with E-state index in [1.54, 1.807) is 0 Å². The predicted molar refractivity (Wildman–Crippen MR) is 135 cm³/mol. The summed E-state index contributed by atoms with van der Waals surface area (Å²) in [5.74, 6) is -4.92. The molecule has 1 rings (SSSR count). The maximum Gasteiger partial charge on any atom is 0.327 e. The van der Waals surface area contributed by atoms with Gasteiger partial charge in [-0.05, 0) is 44.2 Å². The van der Waals surface area contributed by atoms with Crippen molar-refractivity contribution < 1.29 is 34.2 Å². The molecular weight excluding hydrogens is 490 g/mol. The van der Waals surface area contributed by atoms with E-state index in [0.29, 0.717) is 19.4 Å². The molecule has 36 heavy (non-hydrogen) atoms. The second-order valence-electron chi connectivity index (χ2n) is 8.22. The van der Waals surface area contributed by atoms with Gasteiger partial charge in [0.05, 0.1) is 6.04 Å². The molecule has 1 aromatic rings. The van der Waals surface area contributed by atoms with Gasteiger partial charge < -0.3 is 37.6 Å². The van der Waals surface area contributed by atoms with Crippen LogP contribution in [0.15, 0.2) is 30.3 Å². The minimum absolute atomic E-state index is 0.203. The van der Waals surface area contributed by atoms with Crippen LogP contribution < -0.4 is 27.4 Å². The first-order valence-electron chi connectivity index (χ1n) is 11.5. The van der Waals surface area contributed by atoms with Crippen molar-refractivity contribution in [1.82, 2.24) is 16.0 Å². The summed E-state index contributed by atoms with van der Waals surface area (Å²) in [5, 5.41) is 25.4. The lowest BCUT2D eigenvalue weighted by atomic mass is 10.0. The standard InChI is InChI=1S/C23H35N5O7S/c24-11-5-4-8-16(26-20(31)15(25)12-14-6-2-1-3-7-14)21(32)27-17(9-10-19(29)30)22(33)28-18(13-36)23(34)35/h1-3,6-7,15-18,36H,4-5,8-13,24-25H2,(H,26,31)(H,27,32)(H,28,33)(H,29,30)(H,34,35). The molecule has 4 atom stereocenters. The zero-order chi connectivity index (χ0) is 27.1. The van der Waals surface area contributed by atoms with Crippen LogP contribution in [-0.4, -0.2) is 76.3 Å². The molecule has 0 radical (unpaired) electrons. The van der Waals surface area contributed by atoms with Crippen LogP contribution in [0.3, 0.4) is 0 Å². The van der Waals surface area contributed by atoms with Crippen molar-refractivity contribution in [3.05, 3.63) is 35.9 Å². The van der Waals surface area contributed by atoms with Crippen LogP contribution in [0.4, 0.5) is 0 Å². The van der Waals surface area contributed by atoms with Crippen LogP contribution in [-0.2, 0) is 30.4 Å². The number of unbranched alkanes of at least 4 members (excludes halogenated alkanes) is 1. The van der Waals surface area contributed by atoms with Crippen LogP contribution in [0.1, 0.15) is 37.7 Å². The number of carboxylic acids is 2. The Labute approximate surface area is 215 Å². The zero-order valence-electron chi connectivity index (χ0n) is 19.9. The lowest BCUT2D eigenvalue weighted by Crippen LogP contribution is -2.57. The molecule has 0 aliphatic rings. The minimum Gasteiger partial charge on any atom is -0.481 e. The Morgan fingerprint density at radius 1 is 0.833 bits per heavy atom. The lowest BCUT2D eigenvalue weighted by molar-refractivity contribution is -0.142. The summed E-state index contributed by atoms with van der Waals surface area (Å²) >= 11 is 3.88. The topological polar surface area (TPSA) is 214 Å². The SMILES string of the molecule is NCCCCC(NC(=O)C(N)Cc1ccccc1)C(=O)NC(CCC(=O)O)C(=O)NC(CS)C(=O)O. The molecule has 0 bridgehead atoms. The highest BCUT2D eigenvalue weighted by Gasteiger charge is 2.30. The van der Waals surface area contributed by atoms with Gasteiger partial charge in [0.25, 0.3) is 0 Å². The number of carbonyl (C=O) groups excluding carboxylic acids is 3. The van der Waals surface area contributed by atoms with Crippen molar-refractivity contribution in [3.8, 4) is 0 Å². The average Bonchev–Trinajstić information content (AvgIpc) is 2.84. The molecule has 0 saturated heterocycles. The number of thiol groups is 1. The largest absolute Gasteiger partial charge is 0.481 e. The summed E-state index contributed by atoms with van der Waals surface area (Å²) in [4.78, 5) is 60.7. The quantitative estimate of drug-likeness (QED) is 0.0925. The van der Waals surface area contributed by atoms with E-state index >= 15 is 0 Å². The summed E-state index contributed by atoms with van der Waals surface area (Å²) in [6, 6.07) is 4.42. The number of aliphatic carboxylic acids is 2. The molecule has 0 spiro atoms. The number of nitrogens with one attached hydrogen (secondary N) is 3. The van der Waals surface area contributed by atoms with E-state index in [-0.39, 0.29) is 25.0 Å². The van der Waals surface area contributed by atoms with Gasteiger partial charge in [0.1, 0.15) is 18.1 Å². The Morgan fingerprint density at radius 2 is 1.39 bits per heavy atom. The maximum atomic E-state index is 13.0. The molecule has 9 N–H and O–H groups in total. The average molecular weight is 526 g/mol. The number of nitrogens with two attached hydrogens (primary N) is 2. The lowest BCUT2D eigenvalue weighted by Gasteiger charge is -2.25. The highest BCUT2D eigenvalue weighted by Crippen LogP contribution is 2.07. The van der Waals surface area contributed by atoms with E-state index in [4.69, 9.17) is 21.7 Å². The molecule has 13 heteroatoms. The van der Waals surface area contributed by atoms with E-state index < -0.39 is 60.2 Å². The Morgan fingerprint density at radius 3 is 1.92 bits per heavy atom. The third-order valence-corrected chi connectivity index (χ3v) is 5.66. The number of benzene rings is 1. The number of hydrogen-bond donors (Lipinski definition) is 8. The van der Waals surface area contributed by atoms with Gasteiger partial charge in [-0.3, -0.25) is 19.2 Å². The van der Waals surface area contributed by atoms with E-state index in [1.165, 1.54) is 0 Å². The Balaban J connectivity index is 2.96. The Kier molecular flexibility index (Phi) is 14.1. The van der Waals surface area contributed by atoms with Crippen LogP contribution in [0.2, 0.25) is 0 Å². The Hall–Kier alpha value is -3.16. The first-order chi connectivity index (χ1) is 17.1. The molecule has 0 fully saturated rings. The van der Waals surface area contributed by atoms with E-state index in [0.717, 1.165) is 5.56 Å². The third-order valence-electron chi connectivity index (χ3n) is 5.29. The van der Waals surface area contributed by atoms with Gasteiger partial charge in [-0.25, -0.2) is 4.79 Å². The molecule has 0 aliphatic heterocycles. The number of rotatable bonds is 17. The van der Waals surface area contributed by atoms with Crippen molar-refractivity contribution >= 4 is 42.3 Å². The second kappa shape index (κ2) is 16.5. The number of carboxylic acid groups (broad SMARTS) is 2. The summed E-state index contributed by atoms with van der Waals surface area (Å²) in [7, 11) is 0. The first-order valence-corrected chi connectivity index (χ1v) is 12.2. The maximum absolute atomic E-state index is 13.0. The van der Waals surface area contributed by atoms with Gasteiger partial charge in [0.15, 0.2) is 0 Å². The number of amides is 3. The fourth-order valence-corrected chi connectivity index (χ4v) is 3.52. The van der Waals surface area contributed by atoms with Gasteiger partial charge in [-0.15, -0.1) is 0 Å². The second-order valence-corrected chi connectivity index (χ2v) is 8.58. The summed E-state index contributed by atoms with van der Waals surface area (Å²) in [6.45, 7) is 0.375. The molecule has 0 aromatic heterocycles. The zero-order valence-corrected chi connectivity index (χ0v) is 20.8. The third kappa shape index (κ3) is 11.5. The van der Waals surface area contributed by atoms with Gasteiger partial charge in [0, 0.05) is 12.2 Å². The highest BCUT2D eigenvalue weighted by atomic mass is 32.1. The number of carbonyl (C=O) groups is 5.